The molecule has 5 rings (SSSR count). The van der Waals surface area contributed by atoms with Gasteiger partial charge in [0.25, 0.3) is 0 Å². The summed E-state index contributed by atoms with van der Waals surface area (Å²) < 4.78 is 45.2. The molecular weight excluding hydrogens is 871 g/mol. The Morgan fingerprint density at radius 2 is 1.39 bits per heavy atom. The SMILES string of the molecule is CCCC[N+](C)(CC(=O)OC(C)(C)C)Cc1ccc(O[C@@H]2O[C@H](C(=O)OC)[C@@H](OC(C)=O)[C@H](OC(C)=O)[C@H]2OC(C)=O)c(NC(=O)CCNC(=O)OCC2c3ccccc3-c3ccccc32)c1. The second kappa shape index (κ2) is 22.8. The van der Waals surface area contributed by atoms with Crippen molar-refractivity contribution in [2.45, 2.75) is 116 Å². The van der Waals surface area contributed by atoms with Gasteiger partial charge >= 0.3 is 35.9 Å². The number of fused-ring (bicyclic) bond motifs is 3. The van der Waals surface area contributed by atoms with Crippen LogP contribution in [0.5, 0.6) is 5.75 Å². The minimum atomic E-state index is -1.74. The lowest BCUT2D eigenvalue weighted by Crippen LogP contribution is -2.64. The van der Waals surface area contributed by atoms with Gasteiger partial charge < -0.3 is 53.0 Å². The molecule has 67 heavy (non-hydrogen) atoms. The second-order valence-electron chi connectivity index (χ2n) is 17.8. The third-order valence-corrected chi connectivity index (χ3v) is 10.9. The number of rotatable bonds is 19. The van der Waals surface area contributed by atoms with Gasteiger partial charge in [0.1, 0.15) is 24.5 Å². The topological polar surface area (TPSA) is 217 Å². The van der Waals surface area contributed by atoms with Crippen molar-refractivity contribution in [1.29, 1.82) is 0 Å². The van der Waals surface area contributed by atoms with Crippen molar-refractivity contribution >= 4 is 47.5 Å². The number of amides is 2. The number of carbonyl (C=O) groups excluding carboxylic acids is 7. The smallest absolute Gasteiger partial charge is 0.407 e. The van der Waals surface area contributed by atoms with Gasteiger partial charge in [0.05, 0.1) is 26.4 Å². The summed E-state index contributed by atoms with van der Waals surface area (Å²) in [7, 11) is 2.99. The Morgan fingerprint density at radius 3 is 1.97 bits per heavy atom. The average Bonchev–Trinajstić information content (AvgIpc) is 3.56. The Balaban J connectivity index is 1.40. The van der Waals surface area contributed by atoms with Gasteiger partial charge in [0.15, 0.2) is 24.9 Å². The van der Waals surface area contributed by atoms with E-state index in [1.165, 1.54) is 6.07 Å². The van der Waals surface area contributed by atoms with E-state index in [1.54, 1.807) is 32.9 Å². The zero-order chi connectivity index (χ0) is 49.1. The Hall–Kier alpha value is -6.53. The molecule has 0 spiro atoms. The summed E-state index contributed by atoms with van der Waals surface area (Å²) in [4.78, 5) is 90.1. The summed E-state index contributed by atoms with van der Waals surface area (Å²) in [5, 5.41) is 5.47. The highest BCUT2D eigenvalue weighted by Gasteiger charge is 2.56. The number of quaternary nitrogens is 1. The van der Waals surface area contributed by atoms with E-state index in [9.17, 15) is 33.6 Å². The first-order valence-corrected chi connectivity index (χ1v) is 22.2. The number of unbranched alkanes of at least 4 members (excludes halogenated alkanes) is 1. The van der Waals surface area contributed by atoms with Gasteiger partial charge in [0.2, 0.25) is 18.3 Å². The van der Waals surface area contributed by atoms with Crippen molar-refractivity contribution in [3.05, 3.63) is 83.4 Å². The van der Waals surface area contributed by atoms with Crippen LogP contribution in [0.4, 0.5) is 10.5 Å². The van der Waals surface area contributed by atoms with E-state index < -0.39 is 72.2 Å². The molecule has 2 N–H and O–H groups in total. The van der Waals surface area contributed by atoms with E-state index in [-0.39, 0.29) is 53.9 Å². The zero-order valence-corrected chi connectivity index (χ0v) is 39.5. The van der Waals surface area contributed by atoms with Crippen LogP contribution in [-0.2, 0) is 68.5 Å². The van der Waals surface area contributed by atoms with Crippen LogP contribution < -0.4 is 15.4 Å². The molecule has 362 valence electrons. The molecule has 3 aromatic rings. The standard InChI is InChI=1S/C49H61N3O15/c1-10-11-24-52(8,27-41(57)67-49(5,6)7)26-32-20-21-39(65-47-45(64-31(4)55)43(63-30(3)54)42(62-29(2)53)44(66-47)46(58)60-9)38(25-32)51-40(56)22-23-50-48(59)61-28-37-35-18-14-12-16-33(35)34-17-13-15-19-36(34)37/h12-21,25,37,42-45,47H,10-11,22-24,26-28H2,1-9H3,(H-,50,51,56,59)/p+1/t42-,43-,44-,45+,47+,52?/m0/s1. The normalized spacial score (nSPS) is 19.6. The van der Waals surface area contributed by atoms with Gasteiger partial charge in [-0.2, -0.15) is 0 Å². The molecular formula is C49H62N3O15+. The van der Waals surface area contributed by atoms with Crippen molar-refractivity contribution in [1.82, 2.24) is 5.32 Å². The van der Waals surface area contributed by atoms with Crippen molar-refractivity contribution < 1.29 is 75.9 Å². The van der Waals surface area contributed by atoms with Crippen LogP contribution in [0, 0.1) is 0 Å². The Labute approximate surface area is 390 Å². The third-order valence-electron chi connectivity index (χ3n) is 10.9. The maximum atomic E-state index is 13.7. The molecule has 1 aliphatic carbocycles. The summed E-state index contributed by atoms with van der Waals surface area (Å²) in [6.45, 7) is 11.6. The number of benzene rings is 3. The number of nitrogens with one attached hydrogen (secondary N) is 2. The molecule has 1 heterocycles. The predicted molar refractivity (Wildman–Crippen MR) is 241 cm³/mol. The average molecular weight is 933 g/mol. The van der Waals surface area contributed by atoms with E-state index in [0.29, 0.717) is 18.7 Å². The fourth-order valence-electron chi connectivity index (χ4n) is 8.20. The van der Waals surface area contributed by atoms with Crippen molar-refractivity contribution in [2.24, 2.45) is 0 Å². The highest BCUT2D eigenvalue weighted by Crippen LogP contribution is 2.44. The number of hydrogen-bond donors (Lipinski definition) is 2. The molecule has 1 unspecified atom stereocenters. The Morgan fingerprint density at radius 1 is 0.791 bits per heavy atom. The zero-order valence-electron chi connectivity index (χ0n) is 39.5. The summed E-state index contributed by atoms with van der Waals surface area (Å²) in [6, 6.07) is 20.8. The lowest BCUT2D eigenvalue weighted by Gasteiger charge is -2.43. The second-order valence-corrected chi connectivity index (χ2v) is 17.8. The predicted octanol–water partition coefficient (Wildman–Crippen LogP) is 5.71. The van der Waals surface area contributed by atoms with E-state index >= 15 is 0 Å². The van der Waals surface area contributed by atoms with Crippen molar-refractivity contribution in [3.8, 4) is 16.9 Å². The van der Waals surface area contributed by atoms with E-state index in [2.05, 4.69) is 10.6 Å². The number of hydrogen-bond acceptors (Lipinski definition) is 15. The number of nitrogens with zero attached hydrogens (tertiary/aromatic N) is 1. The summed E-state index contributed by atoms with van der Waals surface area (Å²) in [5.74, 6) is -4.78. The van der Waals surface area contributed by atoms with Gasteiger partial charge in [-0.15, -0.1) is 0 Å². The van der Waals surface area contributed by atoms with Crippen LogP contribution in [0.2, 0.25) is 0 Å². The molecule has 1 aliphatic heterocycles. The van der Waals surface area contributed by atoms with Crippen LogP contribution >= 0.6 is 0 Å². The van der Waals surface area contributed by atoms with Gasteiger partial charge in [-0.05, 0) is 67.6 Å². The number of esters is 5. The number of likely N-dealkylation sites (N-methyl/N-ethyl adjacent to an activating group) is 1. The first kappa shape index (κ1) is 51.5. The molecule has 2 aliphatic rings. The first-order valence-electron chi connectivity index (χ1n) is 22.2. The molecule has 18 heteroatoms. The van der Waals surface area contributed by atoms with Crippen LogP contribution in [0.3, 0.4) is 0 Å². The van der Waals surface area contributed by atoms with Gasteiger partial charge in [-0.3, -0.25) is 19.2 Å². The summed E-state index contributed by atoms with van der Waals surface area (Å²) in [5.41, 5.74) is 4.33. The minimum Gasteiger partial charge on any atom is -0.467 e. The highest BCUT2D eigenvalue weighted by atomic mass is 16.7. The van der Waals surface area contributed by atoms with Crippen molar-refractivity contribution in [3.63, 3.8) is 0 Å². The molecule has 0 saturated carbocycles. The largest absolute Gasteiger partial charge is 0.467 e. The molecule has 0 bridgehead atoms. The fourth-order valence-corrected chi connectivity index (χ4v) is 8.20. The third kappa shape index (κ3) is 14.2. The van der Waals surface area contributed by atoms with Crippen LogP contribution in [0.25, 0.3) is 11.1 Å². The Bertz CT molecular complexity index is 2250. The van der Waals surface area contributed by atoms with Gasteiger partial charge in [0, 0.05) is 45.2 Å². The number of carbonyl (C=O) groups is 7. The number of methoxy groups -OCH3 is 1. The lowest BCUT2D eigenvalue weighted by molar-refractivity contribution is -0.916. The molecule has 6 atom stereocenters. The minimum absolute atomic E-state index is 0.0465. The molecule has 1 fully saturated rings. The molecule has 0 radical (unpaired) electrons. The first-order chi connectivity index (χ1) is 31.7. The maximum Gasteiger partial charge on any atom is 0.407 e. The van der Waals surface area contributed by atoms with E-state index in [0.717, 1.165) is 63.0 Å². The number of alkyl carbamates (subject to hydrolysis) is 1. The Kier molecular flexibility index (Phi) is 17.5. The monoisotopic (exact) mass is 932 g/mol. The number of anilines is 1. The quantitative estimate of drug-likeness (QED) is 0.0836. The van der Waals surface area contributed by atoms with Crippen LogP contribution in [-0.4, -0.2) is 123 Å². The molecule has 0 aromatic heterocycles. The molecule has 18 nitrogen and oxygen atoms in total. The lowest BCUT2D eigenvalue weighted by atomic mass is 9.97. The number of ether oxygens (including phenoxy) is 8. The fraction of sp³-hybridized carbons (Fsp3) is 0.490. The van der Waals surface area contributed by atoms with E-state index in [4.69, 9.17) is 37.9 Å². The van der Waals surface area contributed by atoms with Crippen LogP contribution in [0.1, 0.15) is 90.3 Å². The molecule has 3 aromatic carbocycles. The summed E-state index contributed by atoms with van der Waals surface area (Å²) >= 11 is 0. The highest BCUT2D eigenvalue weighted by molar-refractivity contribution is 5.92. The van der Waals surface area contributed by atoms with Gasteiger partial charge in [-0.25, -0.2) is 14.4 Å². The molecule has 2 amide bonds. The maximum absolute atomic E-state index is 13.7. The van der Waals surface area contributed by atoms with Crippen molar-refractivity contribution in [2.75, 3.05) is 45.7 Å². The molecule has 1 saturated heterocycles. The summed E-state index contributed by atoms with van der Waals surface area (Å²) in [6.07, 6.45) is -7.60. The van der Waals surface area contributed by atoms with Gasteiger partial charge in [-0.1, -0.05) is 61.9 Å². The van der Waals surface area contributed by atoms with Crippen LogP contribution in [0.15, 0.2) is 66.7 Å². The van der Waals surface area contributed by atoms with E-state index in [1.807, 2.05) is 62.5 Å².